The summed E-state index contributed by atoms with van der Waals surface area (Å²) in [6.45, 7) is 0. The van der Waals surface area contributed by atoms with Crippen LogP contribution in [0, 0.1) is 0 Å². The van der Waals surface area contributed by atoms with Crippen LogP contribution in [0.2, 0.25) is 0 Å². The maximum Gasteiger partial charge on any atom is 0.372 e. The molecule has 0 aliphatic carbocycles. The topological polar surface area (TPSA) is 143 Å². The summed E-state index contributed by atoms with van der Waals surface area (Å²) < 4.78 is 0. The highest BCUT2D eigenvalue weighted by Crippen LogP contribution is 2.00. The van der Waals surface area contributed by atoms with Gasteiger partial charge in [0, 0.05) is 25.7 Å². The number of Topliss-reactive ketones (excluding diaryl/α,β-unsaturated/α-hetero) is 4. The van der Waals surface area contributed by atoms with E-state index >= 15 is 0 Å². The quantitative estimate of drug-likeness (QED) is 0.501. The summed E-state index contributed by atoms with van der Waals surface area (Å²) in [5.74, 6) is -7.78. The van der Waals surface area contributed by atoms with E-state index in [9.17, 15) is 28.8 Å². The first-order valence-electron chi connectivity index (χ1n) is 4.84. The van der Waals surface area contributed by atoms with E-state index in [1.54, 1.807) is 0 Å². The Kier molecular flexibility index (Phi) is 6.11. The summed E-state index contributed by atoms with van der Waals surface area (Å²) in [6.07, 6.45) is -2.34. The number of carboxylic acids is 2. The highest BCUT2D eigenvalue weighted by Gasteiger charge is 2.20. The largest absolute Gasteiger partial charge is 0.476 e. The average Bonchev–Trinajstić information content (AvgIpc) is 2.31. The van der Waals surface area contributed by atoms with Gasteiger partial charge in [0.2, 0.25) is 11.6 Å². The summed E-state index contributed by atoms with van der Waals surface area (Å²) in [5, 5.41) is 16.4. The molecule has 0 atom stereocenters. The van der Waals surface area contributed by atoms with Crippen molar-refractivity contribution in [2.24, 2.45) is 0 Å². The zero-order chi connectivity index (χ0) is 14.3. The summed E-state index contributed by atoms with van der Waals surface area (Å²) in [6, 6.07) is 0. The predicted octanol–water partition coefficient (Wildman–Crippen LogP) is -1.01. The predicted molar refractivity (Wildman–Crippen MR) is 53.8 cm³/mol. The van der Waals surface area contributed by atoms with E-state index < -0.39 is 60.8 Å². The summed E-state index contributed by atoms with van der Waals surface area (Å²) >= 11 is 0. The molecule has 0 aromatic heterocycles. The minimum atomic E-state index is -1.70. The Morgan fingerprint density at radius 1 is 0.500 bits per heavy atom. The zero-order valence-electron chi connectivity index (χ0n) is 9.17. The standard InChI is InChI=1S/C10H10O8/c11-5(1-3-7(13)9(15)16)6(12)2-4-8(14)10(17)18/h1-4H2,(H,15,16)(H,17,18). The molecule has 0 heterocycles. The van der Waals surface area contributed by atoms with Crippen LogP contribution in [-0.2, 0) is 28.8 Å². The number of aliphatic carboxylic acids is 2. The van der Waals surface area contributed by atoms with E-state index in [0.29, 0.717) is 0 Å². The SMILES string of the molecule is O=C(O)C(=O)CCC(=O)C(=O)CCC(=O)C(=O)O. The lowest BCUT2D eigenvalue weighted by molar-refractivity contribution is -0.150. The first kappa shape index (κ1) is 15.6. The average molecular weight is 258 g/mol. The van der Waals surface area contributed by atoms with Gasteiger partial charge in [-0.3, -0.25) is 19.2 Å². The van der Waals surface area contributed by atoms with Gasteiger partial charge in [0.25, 0.3) is 0 Å². The molecule has 98 valence electrons. The summed E-state index contributed by atoms with van der Waals surface area (Å²) in [7, 11) is 0. The van der Waals surface area contributed by atoms with Gasteiger partial charge in [-0.25, -0.2) is 9.59 Å². The molecule has 0 saturated heterocycles. The maximum absolute atomic E-state index is 11.1. The molecule has 0 radical (unpaired) electrons. The van der Waals surface area contributed by atoms with Crippen LogP contribution in [0.15, 0.2) is 0 Å². The molecule has 0 fully saturated rings. The number of ketones is 4. The number of carbonyl (C=O) groups excluding carboxylic acids is 4. The molecule has 0 aliphatic rings. The third-order valence-corrected chi connectivity index (χ3v) is 1.95. The molecule has 18 heavy (non-hydrogen) atoms. The van der Waals surface area contributed by atoms with Crippen LogP contribution < -0.4 is 0 Å². The molecule has 0 amide bonds. The third-order valence-electron chi connectivity index (χ3n) is 1.95. The normalized spacial score (nSPS) is 9.56. The molecule has 0 unspecified atom stereocenters. The molecule has 0 aromatic rings. The van der Waals surface area contributed by atoms with Gasteiger partial charge >= 0.3 is 11.9 Å². The second-order valence-electron chi connectivity index (χ2n) is 3.30. The van der Waals surface area contributed by atoms with Crippen molar-refractivity contribution in [1.82, 2.24) is 0 Å². The molecule has 8 nitrogen and oxygen atoms in total. The number of rotatable bonds is 9. The van der Waals surface area contributed by atoms with Crippen LogP contribution in [0.25, 0.3) is 0 Å². The van der Waals surface area contributed by atoms with Crippen molar-refractivity contribution in [3.05, 3.63) is 0 Å². The van der Waals surface area contributed by atoms with Gasteiger partial charge in [-0.15, -0.1) is 0 Å². The molecule has 0 bridgehead atoms. The second kappa shape index (κ2) is 7.05. The lowest BCUT2D eigenvalue weighted by Crippen LogP contribution is -2.20. The molecular formula is C10H10O8. The van der Waals surface area contributed by atoms with Gasteiger partial charge in [0.15, 0.2) is 11.6 Å². The van der Waals surface area contributed by atoms with Gasteiger partial charge in [0.1, 0.15) is 0 Å². The fraction of sp³-hybridized carbons (Fsp3) is 0.400. The summed E-state index contributed by atoms with van der Waals surface area (Å²) in [4.78, 5) is 63.7. The molecule has 8 heteroatoms. The Balaban J connectivity index is 4.09. The van der Waals surface area contributed by atoms with Gasteiger partial charge in [-0.1, -0.05) is 0 Å². The Bertz CT molecular complexity index is 380. The lowest BCUT2D eigenvalue weighted by Gasteiger charge is -1.97. The van der Waals surface area contributed by atoms with Crippen molar-refractivity contribution in [1.29, 1.82) is 0 Å². The smallest absolute Gasteiger partial charge is 0.372 e. The van der Waals surface area contributed by atoms with Crippen molar-refractivity contribution in [2.45, 2.75) is 25.7 Å². The van der Waals surface area contributed by atoms with E-state index in [4.69, 9.17) is 10.2 Å². The van der Waals surface area contributed by atoms with Crippen molar-refractivity contribution in [3.63, 3.8) is 0 Å². The van der Waals surface area contributed by atoms with Crippen LogP contribution in [0.5, 0.6) is 0 Å². The van der Waals surface area contributed by atoms with Gasteiger partial charge in [-0.05, 0) is 0 Å². The van der Waals surface area contributed by atoms with Crippen molar-refractivity contribution in [3.8, 4) is 0 Å². The molecule has 0 spiro atoms. The fourth-order valence-electron chi connectivity index (χ4n) is 0.947. The second-order valence-corrected chi connectivity index (χ2v) is 3.30. The van der Waals surface area contributed by atoms with E-state index in [1.165, 1.54) is 0 Å². The minimum absolute atomic E-state index is 0.564. The Morgan fingerprint density at radius 2 is 0.722 bits per heavy atom. The van der Waals surface area contributed by atoms with Crippen molar-refractivity contribution in [2.75, 3.05) is 0 Å². The first-order valence-corrected chi connectivity index (χ1v) is 4.84. The molecule has 0 rings (SSSR count). The minimum Gasteiger partial charge on any atom is -0.476 e. The number of carboxylic acid groups (broad SMARTS) is 2. The van der Waals surface area contributed by atoms with Crippen molar-refractivity contribution < 1.29 is 39.0 Å². The Hall–Kier alpha value is -2.38. The molecule has 0 aliphatic heterocycles. The monoisotopic (exact) mass is 258 g/mol. The highest BCUT2D eigenvalue weighted by molar-refractivity contribution is 6.40. The number of hydrogen-bond acceptors (Lipinski definition) is 6. The van der Waals surface area contributed by atoms with Crippen LogP contribution >= 0.6 is 0 Å². The highest BCUT2D eigenvalue weighted by atomic mass is 16.4. The molecule has 0 aromatic carbocycles. The van der Waals surface area contributed by atoms with Gasteiger partial charge < -0.3 is 10.2 Å². The lowest BCUT2D eigenvalue weighted by atomic mass is 10.0. The molecule has 0 saturated carbocycles. The Labute approximate surface area is 101 Å². The fourth-order valence-corrected chi connectivity index (χ4v) is 0.947. The molecule has 2 N–H and O–H groups in total. The Morgan fingerprint density at radius 3 is 0.944 bits per heavy atom. The summed E-state index contributed by atoms with van der Waals surface area (Å²) in [5.41, 5.74) is 0. The maximum atomic E-state index is 11.1. The van der Waals surface area contributed by atoms with Crippen LogP contribution in [0.4, 0.5) is 0 Å². The number of carbonyl (C=O) groups is 6. The van der Waals surface area contributed by atoms with E-state index in [-0.39, 0.29) is 0 Å². The first-order chi connectivity index (χ1) is 8.25. The van der Waals surface area contributed by atoms with Crippen LogP contribution in [0.1, 0.15) is 25.7 Å². The van der Waals surface area contributed by atoms with Gasteiger partial charge in [-0.2, -0.15) is 0 Å². The van der Waals surface area contributed by atoms with Crippen LogP contribution in [0.3, 0.4) is 0 Å². The van der Waals surface area contributed by atoms with E-state index in [1.807, 2.05) is 0 Å². The zero-order valence-corrected chi connectivity index (χ0v) is 9.17. The van der Waals surface area contributed by atoms with Crippen molar-refractivity contribution >= 4 is 35.1 Å². The third kappa shape index (κ3) is 5.64. The van der Waals surface area contributed by atoms with Crippen LogP contribution in [-0.4, -0.2) is 45.3 Å². The number of hydrogen-bond donors (Lipinski definition) is 2. The van der Waals surface area contributed by atoms with Gasteiger partial charge in [0.05, 0.1) is 0 Å². The molecular weight excluding hydrogens is 248 g/mol. The van der Waals surface area contributed by atoms with E-state index in [2.05, 4.69) is 0 Å². The van der Waals surface area contributed by atoms with E-state index in [0.717, 1.165) is 0 Å².